The van der Waals surface area contributed by atoms with Gasteiger partial charge in [0.2, 0.25) is 0 Å². The maximum atomic E-state index is 14.1. The van der Waals surface area contributed by atoms with Crippen molar-refractivity contribution in [2.75, 3.05) is 6.54 Å². The van der Waals surface area contributed by atoms with Crippen LogP contribution in [0.3, 0.4) is 0 Å². The molecule has 3 atom stereocenters. The molecular weight excluding hydrogens is 265 g/mol. The molecule has 3 N–H and O–H groups in total. The number of halogens is 2. The van der Waals surface area contributed by atoms with Gasteiger partial charge < -0.3 is 10.8 Å². The standard InChI is InChI=1S/C15H21ClFNO/c1-2-10-6-7-15(8-10,9-18)14(19)11-4-3-5-12(16)13(11)17/h3-5,10,14,19H,2,6-9,18H2,1H3. The molecule has 1 aromatic rings. The Hall–Kier alpha value is -0.640. The molecule has 1 aromatic carbocycles. The molecule has 1 aliphatic carbocycles. The van der Waals surface area contributed by atoms with Gasteiger partial charge in [0.25, 0.3) is 0 Å². The Morgan fingerprint density at radius 3 is 2.89 bits per heavy atom. The van der Waals surface area contributed by atoms with Gasteiger partial charge in [-0.25, -0.2) is 4.39 Å². The zero-order valence-corrected chi connectivity index (χ0v) is 12.0. The molecule has 1 fully saturated rings. The molecule has 19 heavy (non-hydrogen) atoms. The minimum atomic E-state index is -0.882. The van der Waals surface area contributed by atoms with Crippen LogP contribution < -0.4 is 5.73 Å². The van der Waals surface area contributed by atoms with E-state index in [1.165, 1.54) is 6.07 Å². The van der Waals surface area contributed by atoms with E-state index in [0.29, 0.717) is 12.5 Å². The zero-order valence-electron chi connectivity index (χ0n) is 11.2. The number of hydrogen-bond donors (Lipinski definition) is 2. The Kier molecular flexibility index (Phi) is 4.49. The summed E-state index contributed by atoms with van der Waals surface area (Å²) >= 11 is 5.79. The fourth-order valence-corrected chi connectivity index (χ4v) is 3.41. The third-order valence-electron chi connectivity index (χ3n) is 4.59. The summed E-state index contributed by atoms with van der Waals surface area (Å²) in [6.45, 7) is 2.51. The third kappa shape index (κ3) is 2.64. The molecule has 0 amide bonds. The first kappa shape index (κ1) is 14.8. The highest BCUT2D eigenvalue weighted by Gasteiger charge is 2.44. The van der Waals surface area contributed by atoms with Crippen LogP contribution >= 0.6 is 11.6 Å². The molecule has 1 aliphatic rings. The van der Waals surface area contributed by atoms with Crippen LogP contribution in [0.5, 0.6) is 0 Å². The molecular formula is C15H21ClFNO. The Bertz CT molecular complexity index is 454. The summed E-state index contributed by atoms with van der Waals surface area (Å²) in [7, 11) is 0. The molecule has 0 bridgehead atoms. The lowest BCUT2D eigenvalue weighted by Gasteiger charge is -2.34. The zero-order chi connectivity index (χ0) is 14.0. The maximum absolute atomic E-state index is 14.1. The monoisotopic (exact) mass is 285 g/mol. The highest BCUT2D eigenvalue weighted by Crippen LogP contribution is 2.50. The lowest BCUT2D eigenvalue weighted by molar-refractivity contribution is 0.0275. The smallest absolute Gasteiger partial charge is 0.147 e. The van der Waals surface area contributed by atoms with E-state index in [2.05, 4.69) is 6.92 Å². The molecule has 0 aromatic heterocycles. The summed E-state index contributed by atoms with van der Waals surface area (Å²) in [5.74, 6) is 0.0462. The molecule has 4 heteroatoms. The van der Waals surface area contributed by atoms with Gasteiger partial charge in [-0.1, -0.05) is 37.1 Å². The summed E-state index contributed by atoms with van der Waals surface area (Å²) in [6.07, 6.45) is 2.94. The molecule has 2 nitrogen and oxygen atoms in total. The molecule has 0 aliphatic heterocycles. The van der Waals surface area contributed by atoms with E-state index in [1.54, 1.807) is 12.1 Å². The van der Waals surface area contributed by atoms with Gasteiger partial charge in [-0.15, -0.1) is 0 Å². The first-order valence-electron chi connectivity index (χ1n) is 6.86. The Labute approximate surface area is 118 Å². The highest BCUT2D eigenvalue weighted by molar-refractivity contribution is 6.30. The molecule has 0 spiro atoms. The topological polar surface area (TPSA) is 46.2 Å². The molecule has 0 saturated heterocycles. The van der Waals surface area contributed by atoms with Gasteiger partial charge in [0.1, 0.15) is 5.82 Å². The van der Waals surface area contributed by atoms with Crippen LogP contribution in [0.15, 0.2) is 18.2 Å². The fourth-order valence-electron chi connectivity index (χ4n) is 3.23. The average Bonchev–Trinajstić information content (AvgIpc) is 2.86. The Balaban J connectivity index is 2.31. The number of rotatable bonds is 4. The van der Waals surface area contributed by atoms with Crippen molar-refractivity contribution in [1.29, 1.82) is 0 Å². The first-order chi connectivity index (χ1) is 9.04. The highest BCUT2D eigenvalue weighted by atomic mass is 35.5. The second-order valence-corrected chi connectivity index (χ2v) is 6.04. The summed E-state index contributed by atoms with van der Waals surface area (Å²) in [5.41, 5.74) is 5.76. The summed E-state index contributed by atoms with van der Waals surface area (Å²) in [4.78, 5) is 0. The minimum Gasteiger partial charge on any atom is -0.388 e. The van der Waals surface area contributed by atoms with Crippen LogP contribution in [0.4, 0.5) is 4.39 Å². The average molecular weight is 286 g/mol. The third-order valence-corrected chi connectivity index (χ3v) is 4.88. The lowest BCUT2D eigenvalue weighted by Crippen LogP contribution is -2.35. The van der Waals surface area contributed by atoms with Gasteiger partial charge in [-0.2, -0.15) is 0 Å². The van der Waals surface area contributed by atoms with Crippen LogP contribution in [0.25, 0.3) is 0 Å². The van der Waals surface area contributed by atoms with Gasteiger partial charge in [0, 0.05) is 17.5 Å². The van der Waals surface area contributed by atoms with E-state index in [0.717, 1.165) is 25.7 Å². The van der Waals surface area contributed by atoms with Gasteiger partial charge in [-0.05, 0) is 31.2 Å². The van der Waals surface area contributed by atoms with E-state index < -0.39 is 17.3 Å². The molecule has 106 valence electrons. The molecule has 2 rings (SSSR count). The van der Waals surface area contributed by atoms with E-state index in [9.17, 15) is 9.50 Å². The van der Waals surface area contributed by atoms with E-state index in [4.69, 9.17) is 17.3 Å². The predicted molar refractivity (Wildman–Crippen MR) is 75.5 cm³/mol. The summed E-state index contributed by atoms with van der Waals surface area (Å²) in [5, 5.41) is 10.7. The minimum absolute atomic E-state index is 0.0498. The molecule has 1 saturated carbocycles. The van der Waals surface area contributed by atoms with Crippen molar-refractivity contribution in [2.24, 2.45) is 17.1 Å². The van der Waals surface area contributed by atoms with Gasteiger partial charge in [0.05, 0.1) is 11.1 Å². The fraction of sp³-hybridized carbons (Fsp3) is 0.600. The summed E-state index contributed by atoms with van der Waals surface area (Å²) in [6, 6.07) is 4.76. The summed E-state index contributed by atoms with van der Waals surface area (Å²) < 4.78 is 14.1. The van der Waals surface area contributed by atoms with Crippen LogP contribution in [-0.4, -0.2) is 11.7 Å². The molecule has 3 unspecified atom stereocenters. The largest absolute Gasteiger partial charge is 0.388 e. The van der Waals surface area contributed by atoms with Crippen molar-refractivity contribution >= 4 is 11.6 Å². The van der Waals surface area contributed by atoms with Crippen molar-refractivity contribution in [3.63, 3.8) is 0 Å². The van der Waals surface area contributed by atoms with Crippen molar-refractivity contribution in [3.05, 3.63) is 34.6 Å². The lowest BCUT2D eigenvalue weighted by atomic mass is 9.76. The van der Waals surface area contributed by atoms with E-state index >= 15 is 0 Å². The number of aliphatic hydroxyl groups is 1. The number of aliphatic hydroxyl groups excluding tert-OH is 1. The number of hydrogen-bond acceptors (Lipinski definition) is 2. The van der Waals surface area contributed by atoms with Crippen molar-refractivity contribution in [1.82, 2.24) is 0 Å². The van der Waals surface area contributed by atoms with Gasteiger partial charge >= 0.3 is 0 Å². The van der Waals surface area contributed by atoms with Gasteiger partial charge in [-0.3, -0.25) is 0 Å². The number of nitrogens with two attached hydrogens (primary N) is 1. The first-order valence-corrected chi connectivity index (χ1v) is 7.24. The van der Waals surface area contributed by atoms with Crippen LogP contribution in [0, 0.1) is 17.2 Å². The normalized spacial score (nSPS) is 28.6. The van der Waals surface area contributed by atoms with Crippen LogP contribution in [0.1, 0.15) is 44.3 Å². The molecule has 0 radical (unpaired) electrons. The van der Waals surface area contributed by atoms with E-state index in [1.807, 2.05) is 0 Å². The van der Waals surface area contributed by atoms with Crippen LogP contribution in [0.2, 0.25) is 5.02 Å². The van der Waals surface area contributed by atoms with Crippen molar-refractivity contribution in [3.8, 4) is 0 Å². The van der Waals surface area contributed by atoms with Crippen molar-refractivity contribution < 1.29 is 9.50 Å². The molecule has 0 heterocycles. The van der Waals surface area contributed by atoms with Crippen LogP contribution in [-0.2, 0) is 0 Å². The van der Waals surface area contributed by atoms with Gasteiger partial charge in [0.15, 0.2) is 0 Å². The quantitative estimate of drug-likeness (QED) is 0.887. The predicted octanol–water partition coefficient (Wildman–Crippen LogP) is 3.67. The van der Waals surface area contributed by atoms with Crippen molar-refractivity contribution in [2.45, 2.75) is 38.7 Å². The maximum Gasteiger partial charge on any atom is 0.147 e. The Morgan fingerprint density at radius 1 is 1.58 bits per heavy atom. The second kappa shape index (κ2) is 5.78. The number of benzene rings is 1. The Morgan fingerprint density at radius 2 is 2.32 bits per heavy atom. The second-order valence-electron chi connectivity index (χ2n) is 5.63. The SMILES string of the molecule is CCC1CCC(CN)(C(O)c2cccc(Cl)c2F)C1. The van der Waals surface area contributed by atoms with E-state index in [-0.39, 0.29) is 10.6 Å².